The summed E-state index contributed by atoms with van der Waals surface area (Å²) in [6.07, 6.45) is 3.70. The number of ether oxygens (including phenoxy) is 1. The number of aromatic nitrogens is 2. The van der Waals surface area contributed by atoms with E-state index in [4.69, 9.17) is 10.5 Å². The molecule has 1 aromatic heterocycles. The Bertz CT molecular complexity index is 1140. The number of amidine groups is 1. The van der Waals surface area contributed by atoms with Crippen LogP contribution in [0.1, 0.15) is 28.5 Å². The van der Waals surface area contributed by atoms with Gasteiger partial charge in [0.05, 0.1) is 18.9 Å². The molecule has 0 saturated heterocycles. The number of rotatable bonds is 9. The van der Waals surface area contributed by atoms with Gasteiger partial charge in [-0.1, -0.05) is 60.1 Å². The fraction of sp³-hybridized carbons (Fsp3) is 0.200. The van der Waals surface area contributed by atoms with Crippen molar-refractivity contribution < 1.29 is 9.53 Å². The molecule has 0 atom stereocenters. The SMILES string of the molecule is CC#CCOc1cnc(C(=O)Nc2cccc(CN=C(N)SCCc3ccccc3)c2)cn1. The minimum absolute atomic E-state index is 0.186. The highest BCUT2D eigenvalue weighted by Gasteiger charge is 2.09. The van der Waals surface area contributed by atoms with E-state index in [-0.39, 0.29) is 18.2 Å². The van der Waals surface area contributed by atoms with Gasteiger partial charge in [-0.15, -0.1) is 5.92 Å². The molecule has 0 aliphatic rings. The number of carbonyl (C=O) groups is 1. The van der Waals surface area contributed by atoms with Gasteiger partial charge in [-0.05, 0) is 36.6 Å². The Morgan fingerprint density at radius 2 is 1.94 bits per heavy atom. The van der Waals surface area contributed by atoms with Gasteiger partial charge in [-0.3, -0.25) is 9.79 Å². The van der Waals surface area contributed by atoms with Crippen molar-refractivity contribution in [1.82, 2.24) is 9.97 Å². The van der Waals surface area contributed by atoms with Crippen molar-refractivity contribution in [3.8, 4) is 17.7 Å². The van der Waals surface area contributed by atoms with Crippen LogP contribution in [0.4, 0.5) is 5.69 Å². The number of hydrogen-bond acceptors (Lipinski definition) is 6. The first kappa shape index (κ1) is 23.8. The first-order chi connectivity index (χ1) is 16.1. The number of aliphatic imine (C=N–C) groups is 1. The maximum atomic E-state index is 12.5. The molecule has 0 radical (unpaired) electrons. The van der Waals surface area contributed by atoms with Crippen LogP contribution in [0.15, 0.2) is 72.0 Å². The Hall–Kier alpha value is -3.83. The van der Waals surface area contributed by atoms with E-state index in [2.05, 4.69) is 44.3 Å². The quantitative estimate of drug-likeness (QED) is 0.286. The molecule has 3 aromatic rings. The van der Waals surface area contributed by atoms with Gasteiger partial charge >= 0.3 is 0 Å². The second-order valence-corrected chi connectivity index (χ2v) is 7.96. The summed E-state index contributed by atoms with van der Waals surface area (Å²) in [6.45, 7) is 2.38. The summed E-state index contributed by atoms with van der Waals surface area (Å²) >= 11 is 1.53. The molecule has 3 N–H and O–H groups in total. The maximum Gasteiger partial charge on any atom is 0.275 e. The summed E-state index contributed by atoms with van der Waals surface area (Å²) in [5.74, 6) is 6.31. The molecule has 0 fully saturated rings. The van der Waals surface area contributed by atoms with E-state index >= 15 is 0 Å². The van der Waals surface area contributed by atoms with Gasteiger partial charge < -0.3 is 15.8 Å². The molecule has 33 heavy (non-hydrogen) atoms. The van der Waals surface area contributed by atoms with Crippen LogP contribution in [0.5, 0.6) is 5.88 Å². The average Bonchev–Trinajstić information content (AvgIpc) is 2.84. The Morgan fingerprint density at radius 1 is 1.12 bits per heavy atom. The number of nitrogens with zero attached hydrogens (tertiary/aromatic N) is 3. The van der Waals surface area contributed by atoms with Gasteiger partial charge in [0.15, 0.2) is 11.8 Å². The standard InChI is InChI=1S/C25H25N5O2S/c1-2-3-13-32-23-18-27-22(17-28-23)24(31)30-21-11-7-10-20(15-21)16-29-25(26)33-14-12-19-8-5-4-6-9-19/h4-11,15,17-18H,12-14,16H2,1H3,(H2,26,29)(H,30,31). The molecule has 168 valence electrons. The molecule has 2 aromatic carbocycles. The molecule has 0 saturated carbocycles. The first-order valence-electron chi connectivity index (χ1n) is 10.4. The maximum absolute atomic E-state index is 12.5. The zero-order valence-electron chi connectivity index (χ0n) is 18.3. The van der Waals surface area contributed by atoms with Crippen LogP contribution >= 0.6 is 11.8 Å². The number of thioether (sulfide) groups is 1. The van der Waals surface area contributed by atoms with Crippen molar-refractivity contribution in [3.63, 3.8) is 0 Å². The fourth-order valence-electron chi connectivity index (χ4n) is 2.77. The molecule has 7 nitrogen and oxygen atoms in total. The number of benzene rings is 2. The zero-order chi connectivity index (χ0) is 23.3. The monoisotopic (exact) mass is 459 g/mol. The van der Waals surface area contributed by atoms with Crippen molar-refractivity contribution in [3.05, 3.63) is 83.8 Å². The van der Waals surface area contributed by atoms with Gasteiger partial charge in [-0.2, -0.15) is 0 Å². The van der Waals surface area contributed by atoms with Crippen molar-refractivity contribution in [2.75, 3.05) is 17.7 Å². The minimum atomic E-state index is -0.362. The van der Waals surface area contributed by atoms with E-state index in [9.17, 15) is 4.79 Å². The highest BCUT2D eigenvalue weighted by Crippen LogP contribution is 2.14. The zero-order valence-corrected chi connectivity index (χ0v) is 19.1. The third-order valence-electron chi connectivity index (χ3n) is 4.42. The van der Waals surface area contributed by atoms with Crippen LogP contribution < -0.4 is 15.8 Å². The van der Waals surface area contributed by atoms with E-state index in [1.807, 2.05) is 36.4 Å². The third kappa shape index (κ3) is 8.31. The largest absolute Gasteiger partial charge is 0.463 e. The van der Waals surface area contributed by atoms with E-state index in [0.29, 0.717) is 23.3 Å². The highest BCUT2D eigenvalue weighted by atomic mass is 32.2. The predicted octanol–water partition coefficient (Wildman–Crippen LogP) is 3.92. The number of nitrogens with one attached hydrogen (secondary N) is 1. The van der Waals surface area contributed by atoms with Crippen molar-refractivity contribution in [2.24, 2.45) is 10.7 Å². The summed E-state index contributed by atoms with van der Waals surface area (Å²) in [5, 5.41) is 3.37. The van der Waals surface area contributed by atoms with Crippen LogP contribution in [0.3, 0.4) is 0 Å². The number of nitrogens with two attached hydrogens (primary N) is 1. The van der Waals surface area contributed by atoms with Crippen LogP contribution in [0.25, 0.3) is 0 Å². The summed E-state index contributed by atoms with van der Waals surface area (Å²) < 4.78 is 5.30. The lowest BCUT2D eigenvalue weighted by molar-refractivity contribution is 0.102. The fourth-order valence-corrected chi connectivity index (χ4v) is 3.47. The van der Waals surface area contributed by atoms with E-state index in [1.165, 1.54) is 29.7 Å². The number of aryl methyl sites for hydroxylation is 1. The van der Waals surface area contributed by atoms with Crippen molar-refractivity contribution in [1.29, 1.82) is 0 Å². The predicted molar refractivity (Wildman–Crippen MR) is 133 cm³/mol. The topological polar surface area (TPSA) is 102 Å². The Labute approximate surface area is 197 Å². The van der Waals surface area contributed by atoms with E-state index in [0.717, 1.165) is 17.7 Å². The van der Waals surface area contributed by atoms with E-state index in [1.54, 1.807) is 13.0 Å². The molecule has 0 aliphatic heterocycles. The molecule has 0 spiro atoms. The normalized spacial score (nSPS) is 10.8. The lowest BCUT2D eigenvalue weighted by atomic mass is 10.2. The van der Waals surface area contributed by atoms with Crippen LogP contribution in [0, 0.1) is 11.8 Å². The molecular weight excluding hydrogens is 434 g/mol. The lowest BCUT2D eigenvalue weighted by Crippen LogP contribution is -2.14. The third-order valence-corrected chi connectivity index (χ3v) is 5.25. The lowest BCUT2D eigenvalue weighted by Gasteiger charge is -2.07. The number of amides is 1. The second kappa shape index (κ2) is 12.9. The molecule has 8 heteroatoms. The smallest absolute Gasteiger partial charge is 0.275 e. The summed E-state index contributed by atoms with van der Waals surface area (Å²) in [7, 11) is 0. The molecule has 3 rings (SSSR count). The first-order valence-corrected chi connectivity index (χ1v) is 11.3. The number of anilines is 1. The Kier molecular flexibility index (Phi) is 9.30. The van der Waals surface area contributed by atoms with Gasteiger partial charge in [-0.25, -0.2) is 9.97 Å². The molecule has 0 aliphatic carbocycles. The highest BCUT2D eigenvalue weighted by molar-refractivity contribution is 8.13. The van der Waals surface area contributed by atoms with Crippen LogP contribution in [-0.4, -0.2) is 33.4 Å². The van der Waals surface area contributed by atoms with Gasteiger partial charge in [0.1, 0.15) is 5.69 Å². The summed E-state index contributed by atoms with van der Waals surface area (Å²) in [4.78, 5) is 25.1. The van der Waals surface area contributed by atoms with Crippen LogP contribution in [0.2, 0.25) is 0 Å². The molecule has 0 bridgehead atoms. The van der Waals surface area contributed by atoms with Gasteiger partial charge in [0.25, 0.3) is 5.91 Å². The van der Waals surface area contributed by atoms with Crippen molar-refractivity contribution in [2.45, 2.75) is 19.9 Å². The molecule has 0 unspecified atom stereocenters. The Balaban J connectivity index is 1.49. The molecule has 1 heterocycles. The number of carbonyl (C=O) groups excluding carboxylic acids is 1. The number of hydrogen-bond donors (Lipinski definition) is 2. The van der Waals surface area contributed by atoms with Gasteiger partial charge in [0.2, 0.25) is 5.88 Å². The van der Waals surface area contributed by atoms with Crippen LogP contribution in [-0.2, 0) is 13.0 Å². The van der Waals surface area contributed by atoms with Gasteiger partial charge in [0, 0.05) is 11.4 Å². The minimum Gasteiger partial charge on any atom is -0.463 e. The molecular formula is C25H25N5O2S. The Morgan fingerprint density at radius 3 is 2.70 bits per heavy atom. The summed E-state index contributed by atoms with van der Waals surface area (Å²) in [6, 6.07) is 17.7. The average molecular weight is 460 g/mol. The second-order valence-electron chi connectivity index (χ2n) is 6.85. The summed E-state index contributed by atoms with van der Waals surface area (Å²) in [5.41, 5.74) is 9.08. The van der Waals surface area contributed by atoms with E-state index < -0.39 is 0 Å². The molecule has 1 amide bonds. The van der Waals surface area contributed by atoms with Crippen molar-refractivity contribution >= 4 is 28.5 Å².